The van der Waals surface area contributed by atoms with Gasteiger partial charge in [0.05, 0.1) is 0 Å². The standard InChI is InChI=1S/C34H51NO5S2/c1-21(2)22-10-14-34(20-36)16-15-32(6)23(27(22)34)8-9-26-31(5)17-18-35(30(3,4)25(31)11-13-33(26,32)7)42(39,40)24-12-19-41-28(24)29(37)38/h12,19,22-23,25-27,36H,1,8-11,13-18,20H2,2-7H3,(H,37,38)/t22-,23+,25?,26+,27+,31-,32+,33+,34+/m0/s1. The first-order valence-corrected chi connectivity index (χ1v) is 18.4. The van der Waals surface area contributed by atoms with E-state index in [9.17, 15) is 23.4 Å². The minimum absolute atomic E-state index is 0.00425. The number of aliphatic hydroxyl groups excluding tert-OH is 1. The Morgan fingerprint density at radius 3 is 2.36 bits per heavy atom. The summed E-state index contributed by atoms with van der Waals surface area (Å²) in [6.45, 7) is 19.1. The second-order valence-electron chi connectivity index (χ2n) is 16.1. The summed E-state index contributed by atoms with van der Waals surface area (Å²) >= 11 is 0.978. The molecule has 0 spiro atoms. The number of rotatable bonds is 5. The van der Waals surface area contributed by atoms with Gasteiger partial charge in [-0.3, -0.25) is 0 Å². The fourth-order valence-corrected chi connectivity index (χ4v) is 15.5. The van der Waals surface area contributed by atoms with Crippen molar-refractivity contribution in [2.75, 3.05) is 13.2 Å². The van der Waals surface area contributed by atoms with Gasteiger partial charge >= 0.3 is 5.97 Å². The Hall–Kier alpha value is -1.22. The molecule has 0 aromatic carbocycles. The van der Waals surface area contributed by atoms with Crippen LogP contribution in [0.4, 0.5) is 0 Å². The molecule has 2 heterocycles. The van der Waals surface area contributed by atoms with Crippen molar-refractivity contribution < 1.29 is 23.4 Å². The fraction of sp³-hybridized carbons (Fsp3) is 0.794. The number of hydrogen-bond donors (Lipinski definition) is 2. The lowest BCUT2D eigenvalue weighted by Crippen LogP contribution is -2.70. The maximum Gasteiger partial charge on any atom is 0.347 e. The van der Waals surface area contributed by atoms with Crippen LogP contribution in [0.2, 0.25) is 0 Å². The molecule has 2 N–H and O–H groups in total. The van der Waals surface area contributed by atoms with Crippen LogP contribution in [-0.2, 0) is 10.0 Å². The Morgan fingerprint density at radius 1 is 1.00 bits per heavy atom. The number of carbonyl (C=O) groups is 1. The van der Waals surface area contributed by atoms with Crippen LogP contribution in [0.15, 0.2) is 28.5 Å². The van der Waals surface area contributed by atoms with Gasteiger partial charge in [-0.2, -0.15) is 4.31 Å². The normalized spacial score (nSPS) is 44.9. The van der Waals surface area contributed by atoms with Crippen molar-refractivity contribution >= 4 is 27.3 Å². The van der Waals surface area contributed by atoms with E-state index in [1.165, 1.54) is 18.1 Å². The number of fused-ring (bicyclic) bond motifs is 7. The summed E-state index contributed by atoms with van der Waals surface area (Å²) < 4.78 is 29.7. The third kappa shape index (κ3) is 3.79. The number of sulfonamides is 1. The Morgan fingerprint density at radius 2 is 1.71 bits per heavy atom. The van der Waals surface area contributed by atoms with Gasteiger partial charge in [0.15, 0.2) is 0 Å². The van der Waals surface area contributed by atoms with Crippen molar-refractivity contribution in [1.82, 2.24) is 4.31 Å². The zero-order valence-corrected chi connectivity index (χ0v) is 28.0. The summed E-state index contributed by atoms with van der Waals surface area (Å²) in [5.41, 5.74) is 1.01. The predicted octanol–water partition coefficient (Wildman–Crippen LogP) is 7.45. The van der Waals surface area contributed by atoms with E-state index in [-0.39, 0.29) is 37.4 Å². The highest BCUT2D eigenvalue weighted by atomic mass is 32.2. The molecule has 4 saturated carbocycles. The minimum atomic E-state index is -3.96. The second-order valence-corrected chi connectivity index (χ2v) is 18.9. The lowest BCUT2D eigenvalue weighted by molar-refractivity contribution is -0.238. The number of thiophene rings is 1. The third-order valence-corrected chi connectivity index (χ3v) is 17.7. The Labute approximate surface area is 257 Å². The molecule has 42 heavy (non-hydrogen) atoms. The molecular formula is C34H51NO5S2. The molecule has 0 amide bonds. The molecule has 1 unspecified atom stereocenters. The van der Waals surface area contributed by atoms with Gasteiger partial charge in [0.1, 0.15) is 9.77 Å². The second kappa shape index (κ2) is 9.64. The molecule has 4 aliphatic carbocycles. The predicted molar refractivity (Wildman–Crippen MR) is 167 cm³/mol. The quantitative estimate of drug-likeness (QED) is 0.335. The monoisotopic (exact) mass is 617 g/mol. The van der Waals surface area contributed by atoms with Crippen LogP contribution in [0.3, 0.4) is 0 Å². The van der Waals surface area contributed by atoms with Crippen LogP contribution < -0.4 is 0 Å². The first kappa shape index (κ1) is 30.8. The van der Waals surface area contributed by atoms with E-state index >= 15 is 0 Å². The molecule has 0 bridgehead atoms. The summed E-state index contributed by atoms with van der Waals surface area (Å²) in [7, 11) is -3.96. The molecule has 1 saturated heterocycles. The summed E-state index contributed by atoms with van der Waals surface area (Å²) in [5.74, 6) is 1.07. The Bertz CT molecular complexity index is 1400. The van der Waals surface area contributed by atoms with E-state index in [0.29, 0.717) is 36.8 Å². The smallest absolute Gasteiger partial charge is 0.347 e. The summed E-state index contributed by atoms with van der Waals surface area (Å²) in [4.78, 5) is 11.7. The molecular weight excluding hydrogens is 567 g/mol. The van der Waals surface area contributed by atoms with Crippen LogP contribution in [0.5, 0.6) is 0 Å². The largest absolute Gasteiger partial charge is 0.477 e. The first-order chi connectivity index (χ1) is 19.5. The van der Waals surface area contributed by atoms with Crippen LogP contribution in [0.1, 0.15) is 109 Å². The lowest BCUT2D eigenvalue weighted by atomic mass is 9.33. The molecule has 1 aliphatic heterocycles. The number of piperidine rings is 1. The summed E-state index contributed by atoms with van der Waals surface area (Å²) in [6.07, 6.45) is 9.70. The molecule has 5 aliphatic rings. The molecule has 0 radical (unpaired) electrons. The average Bonchev–Trinajstić information content (AvgIpc) is 3.55. The van der Waals surface area contributed by atoms with Gasteiger partial charge in [-0.1, -0.05) is 32.9 Å². The van der Waals surface area contributed by atoms with Crippen LogP contribution in [0, 0.1) is 51.2 Å². The zero-order chi connectivity index (χ0) is 30.7. The number of nitrogens with zero attached hydrogens (tertiary/aromatic N) is 1. The van der Waals surface area contributed by atoms with Crippen LogP contribution in [-0.4, -0.2) is 47.6 Å². The van der Waals surface area contributed by atoms with Gasteiger partial charge in [0.25, 0.3) is 0 Å². The van der Waals surface area contributed by atoms with Gasteiger partial charge in [-0.15, -0.1) is 11.3 Å². The van der Waals surface area contributed by atoms with E-state index in [0.717, 1.165) is 62.7 Å². The van der Waals surface area contributed by atoms with Gasteiger partial charge in [0.2, 0.25) is 10.0 Å². The summed E-state index contributed by atoms with van der Waals surface area (Å²) in [6, 6.07) is 1.46. The molecule has 6 nitrogen and oxygen atoms in total. The lowest BCUT2D eigenvalue weighted by Gasteiger charge is -2.73. The fourth-order valence-electron chi connectivity index (χ4n) is 12.4. The van der Waals surface area contributed by atoms with Gasteiger partial charge in [-0.05, 0) is 141 Å². The van der Waals surface area contributed by atoms with Crippen molar-refractivity contribution in [2.24, 2.45) is 51.2 Å². The van der Waals surface area contributed by atoms with E-state index in [2.05, 4.69) is 48.1 Å². The molecule has 1 aromatic rings. The van der Waals surface area contributed by atoms with Crippen molar-refractivity contribution in [2.45, 2.75) is 110 Å². The highest BCUT2D eigenvalue weighted by Crippen LogP contribution is 2.76. The number of aromatic carboxylic acids is 1. The van der Waals surface area contributed by atoms with Crippen molar-refractivity contribution in [3.63, 3.8) is 0 Å². The molecule has 1 aromatic heterocycles. The van der Waals surface area contributed by atoms with Crippen LogP contribution >= 0.6 is 11.3 Å². The van der Waals surface area contributed by atoms with E-state index in [1.54, 1.807) is 9.69 Å². The average molecular weight is 618 g/mol. The van der Waals surface area contributed by atoms with Crippen molar-refractivity contribution in [3.8, 4) is 0 Å². The molecule has 6 rings (SSSR count). The number of carboxylic acids is 1. The van der Waals surface area contributed by atoms with Gasteiger partial charge in [-0.25, -0.2) is 13.2 Å². The van der Waals surface area contributed by atoms with Crippen molar-refractivity contribution in [1.29, 1.82) is 0 Å². The SMILES string of the molecule is C=C(C)[C@@H]1CC[C@]2(CO)CC[C@]3(C)[C@H](CC[C@@H]4[C@@]5(C)CCN(S(=O)(=O)c6ccsc6C(=O)O)C(C)(C)C5CC[C@]43C)[C@@H]12. The Balaban J connectivity index is 1.35. The van der Waals surface area contributed by atoms with Gasteiger partial charge < -0.3 is 10.2 Å². The van der Waals surface area contributed by atoms with E-state index in [4.69, 9.17) is 0 Å². The highest BCUT2D eigenvalue weighted by Gasteiger charge is 2.71. The van der Waals surface area contributed by atoms with E-state index in [1.807, 2.05) is 0 Å². The van der Waals surface area contributed by atoms with Crippen molar-refractivity contribution in [3.05, 3.63) is 28.5 Å². The maximum absolute atomic E-state index is 14.0. The topological polar surface area (TPSA) is 94.9 Å². The third-order valence-electron chi connectivity index (χ3n) is 14.6. The number of allylic oxidation sites excluding steroid dienone is 1. The number of hydrogen-bond acceptors (Lipinski definition) is 5. The van der Waals surface area contributed by atoms with E-state index < -0.39 is 21.5 Å². The number of aliphatic hydroxyl groups is 1. The molecule has 9 atom stereocenters. The van der Waals surface area contributed by atoms with Crippen LogP contribution in [0.25, 0.3) is 0 Å². The number of carboxylic acid groups (broad SMARTS) is 1. The molecule has 5 fully saturated rings. The van der Waals surface area contributed by atoms with Gasteiger partial charge in [0, 0.05) is 18.7 Å². The summed E-state index contributed by atoms with van der Waals surface area (Å²) in [5, 5.41) is 22.0. The minimum Gasteiger partial charge on any atom is -0.477 e. The maximum atomic E-state index is 14.0. The Kier molecular flexibility index (Phi) is 7.07. The highest BCUT2D eigenvalue weighted by molar-refractivity contribution is 7.89. The molecule has 234 valence electrons. The zero-order valence-electron chi connectivity index (χ0n) is 26.4. The molecule has 8 heteroatoms. The first-order valence-electron chi connectivity index (χ1n) is 16.1.